The lowest BCUT2D eigenvalue weighted by molar-refractivity contribution is 0.0984. The van der Waals surface area contributed by atoms with Crippen LogP contribution in [0, 0.1) is 11.3 Å². The number of carbonyl (C=O) groups excluding carboxylic acids is 1. The average molecular weight is 615 g/mol. The molecule has 0 saturated carbocycles. The second kappa shape index (κ2) is 12.7. The lowest BCUT2D eigenvalue weighted by atomic mass is 9.89. The third kappa shape index (κ3) is 8.12. The fraction of sp³-hybridized carbons (Fsp3) is 0.556. The van der Waals surface area contributed by atoms with Crippen LogP contribution in [0.2, 0.25) is 0 Å². The van der Waals surface area contributed by atoms with Gasteiger partial charge in [-0.3, -0.25) is 14.5 Å². The number of anilines is 2. The number of hydrogen-bond acceptors (Lipinski definition) is 7. The van der Waals surface area contributed by atoms with Crippen molar-refractivity contribution in [2.24, 2.45) is 11.3 Å². The number of fused-ring (bicyclic) bond motifs is 6. The molecule has 8 heteroatoms. The first kappa shape index (κ1) is 32.3. The molecular formula is C36H50N6OS. The zero-order valence-electron chi connectivity index (χ0n) is 27.8. The molecule has 2 aliphatic heterocycles. The quantitative estimate of drug-likeness (QED) is 0.288. The first-order chi connectivity index (χ1) is 20.7. The highest BCUT2D eigenvalue weighted by Gasteiger charge is 2.41. The van der Waals surface area contributed by atoms with E-state index in [0.717, 1.165) is 73.1 Å². The van der Waals surface area contributed by atoms with Crippen LogP contribution >= 0.6 is 11.9 Å². The van der Waals surface area contributed by atoms with Crippen LogP contribution in [0.4, 0.5) is 11.6 Å². The minimum Gasteiger partial charge on any atom is -0.367 e. The highest BCUT2D eigenvalue weighted by atomic mass is 32.2. The van der Waals surface area contributed by atoms with Crippen molar-refractivity contribution >= 4 is 29.5 Å². The molecule has 236 valence electrons. The van der Waals surface area contributed by atoms with Gasteiger partial charge in [0.15, 0.2) is 0 Å². The van der Waals surface area contributed by atoms with Gasteiger partial charge in [0.05, 0.1) is 5.56 Å². The SMILES string of the molecule is CC(C)(C)CCc1ccc(CC2CCC3CN(c4nc(C(C)(C)C)ccc4C(=O)NSc4cccc(n4)N2)C(C)(C)C3)nc1. The third-order valence-electron chi connectivity index (χ3n) is 8.86. The fourth-order valence-electron chi connectivity index (χ4n) is 6.27. The van der Waals surface area contributed by atoms with Crippen molar-refractivity contribution in [1.82, 2.24) is 19.7 Å². The van der Waals surface area contributed by atoms with Gasteiger partial charge < -0.3 is 10.2 Å². The van der Waals surface area contributed by atoms with Crippen LogP contribution in [0.25, 0.3) is 0 Å². The highest BCUT2D eigenvalue weighted by Crippen LogP contribution is 2.40. The Balaban J connectivity index is 1.42. The molecule has 2 aliphatic rings. The Morgan fingerprint density at radius 3 is 2.50 bits per heavy atom. The molecule has 3 aromatic rings. The molecule has 0 radical (unpaired) electrons. The maximum Gasteiger partial charge on any atom is 0.265 e. The Kier molecular flexibility index (Phi) is 9.31. The Bertz CT molecular complexity index is 1460. The van der Waals surface area contributed by atoms with E-state index in [0.29, 0.717) is 16.9 Å². The summed E-state index contributed by atoms with van der Waals surface area (Å²) in [4.78, 5) is 30.8. The Labute approximate surface area is 268 Å². The fourth-order valence-corrected chi connectivity index (χ4v) is 6.87. The summed E-state index contributed by atoms with van der Waals surface area (Å²) in [7, 11) is 0. The second-order valence-electron chi connectivity index (χ2n) is 15.5. The molecule has 0 aliphatic carbocycles. The van der Waals surface area contributed by atoms with Crippen molar-refractivity contribution in [1.29, 1.82) is 0 Å². The molecule has 5 rings (SSSR count). The minimum atomic E-state index is -0.151. The minimum absolute atomic E-state index is 0.118. The van der Waals surface area contributed by atoms with E-state index in [1.54, 1.807) is 0 Å². The predicted molar refractivity (Wildman–Crippen MR) is 182 cm³/mol. The maximum absolute atomic E-state index is 13.6. The molecule has 1 saturated heterocycles. The van der Waals surface area contributed by atoms with Crippen LogP contribution < -0.4 is 14.9 Å². The highest BCUT2D eigenvalue weighted by molar-refractivity contribution is 7.97. The molecule has 1 fully saturated rings. The molecule has 4 bridgehead atoms. The third-order valence-corrected chi connectivity index (χ3v) is 9.58. The van der Waals surface area contributed by atoms with Gasteiger partial charge in [0, 0.05) is 59.5 Å². The first-order valence-corrected chi connectivity index (χ1v) is 16.9. The van der Waals surface area contributed by atoms with Crippen molar-refractivity contribution in [3.05, 3.63) is 71.2 Å². The number of hydrogen-bond donors (Lipinski definition) is 2. The molecule has 2 unspecified atom stereocenters. The summed E-state index contributed by atoms with van der Waals surface area (Å²) in [5.74, 6) is 1.93. The summed E-state index contributed by atoms with van der Waals surface area (Å²) in [6.45, 7) is 18.8. The molecular weight excluding hydrogens is 565 g/mol. The van der Waals surface area contributed by atoms with E-state index in [4.69, 9.17) is 15.0 Å². The van der Waals surface area contributed by atoms with Crippen LogP contribution in [0.3, 0.4) is 0 Å². The van der Waals surface area contributed by atoms with E-state index in [1.807, 2.05) is 30.3 Å². The van der Waals surface area contributed by atoms with Crippen molar-refractivity contribution < 1.29 is 4.79 Å². The predicted octanol–water partition coefficient (Wildman–Crippen LogP) is 8.01. The van der Waals surface area contributed by atoms with E-state index in [-0.39, 0.29) is 22.9 Å². The van der Waals surface area contributed by atoms with Crippen LogP contribution in [0.15, 0.2) is 53.7 Å². The molecule has 2 N–H and O–H groups in total. The van der Waals surface area contributed by atoms with Gasteiger partial charge in [0.2, 0.25) is 0 Å². The summed E-state index contributed by atoms with van der Waals surface area (Å²) in [5.41, 5.74) is 4.06. The number of carbonyl (C=O) groups is 1. The monoisotopic (exact) mass is 614 g/mol. The van der Waals surface area contributed by atoms with E-state index in [9.17, 15) is 4.79 Å². The largest absolute Gasteiger partial charge is 0.367 e. The van der Waals surface area contributed by atoms with Crippen LogP contribution in [0.5, 0.6) is 0 Å². The lowest BCUT2D eigenvalue weighted by Gasteiger charge is -2.34. The van der Waals surface area contributed by atoms with Gasteiger partial charge in [-0.05, 0) is 93.2 Å². The Morgan fingerprint density at radius 2 is 1.80 bits per heavy atom. The Hall–Kier alpha value is -3.13. The lowest BCUT2D eigenvalue weighted by Crippen LogP contribution is -2.40. The van der Waals surface area contributed by atoms with Gasteiger partial charge in [-0.15, -0.1) is 0 Å². The first-order valence-electron chi connectivity index (χ1n) is 16.1. The number of nitrogens with one attached hydrogen (secondary N) is 2. The molecule has 44 heavy (non-hydrogen) atoms. The van der Waals surface area contributed by atoms with Crippen molar-refractivity contribution in [2.45, 2.75) is 116 Å². The van der Waals surface area contributed by atoms with E-state index in [1.165, 1.54) is 17.5 Å². The van der Waals surface area contributed by atoms with Crippen LogP contribution in [0.1, 0.15) is 108 Å². The number of aryl methyl sites for hydroxylation is 1. The molecule has 7 nitrogen and oxygen atoms in total. The number of rotatable bonds is 4. The molecule has 5 heterocycles. The molecule has 3 aromatic heterocycles. The zero-order valence-corrected chi connectivity index (χ0v) is 28.6. The summed E-state index contributed by atoms with van der Waals surface area (Å²) >= 11 is 1.25. The molecule has 0 spiro atoms. The van der Waals surface area contributed by atoms with Gasteiger partial charge in [-0.2, -0.15) is 0 Å². The second-order valence-corrected chi connectivity index (χ2v) is 16.4. The molecule has 1 amide bonds. The number of aromatic nitrogens is 3. The number of pyridine rings is 3. The smallest absolute Gasteiger partial charge is 0.265 e. The topological polar surface area (TPSA) is 83.0 Å². The van der Waals surface area contributed by atoms with Gasteiger partial charge in [0.1, 0.15) is 16.7 Å². The van der Waals surface area contributed by atoms with Gasteiger partial charge in [-0.1, -0.05) is 53.7 Å². The molecule has 2 atom stereocenters. The van der Waals surface area contributed by atoms with Gasteiger partial charge >= 0.3 is 0 Å². The molecule has 0 aromatic carbocycles. The van der Waals surface area contributed by atoms with Gasteiger partial charge in [0.25, 0.3) is 5.91 Å². The zero-order chi connectivity index (χ0) is 31.7. The number of amides is 1. The van der Waals surface area contributed by atoms with Crippen LogP contribution in [-0.2, 0) is 18.3 Å². The standard InChI is InChI=1S/C36H50N6OS/c1-34(2,3)19-18-24-12-14-26(37-22-24)20-27-15-13-25-21-36(7,8)42(23-25)32-28(16-17-29(39-32)35(4,5)6)33(43)41-44-31-11-9-10-30(38-27)40-31/h9-12,14,16-17,22,25,27H,13,15,18-21,23H2,1-8H3,(H,38,40)(H,41,43). The summed E-state index contributed by atoms with van der Waals surface area (Å²) in [6.07, 6.45) is 8.19. The van der Waals surface area contributed by atoms with Crippen LogP contribution in [-0.4, -0.2) is 39.0 Å². The van der Waals surface area contributed by atoms with Gasteiger partial charge in [-0.25, -0.2) is 9.97 Å². The summed E-state index contributed by atoms with van der Waals surface area (Å²) in [6, 6.07) is 14.5. The number of nitrogens with zero attached hydrogens (tertiary/aromatic N) is 4. The van der Waals surface area contributed by atoms with Crippen molar-refractivity contribution in [3.63, 3.8) is 0 Å². The average Bonchev–Trinajstić information content (AvgIpc) is 3.26. The summed E-state index contributed by atoms with van der Waals surface area (Å²) in [5, 5.41) is 4.46. The normalized spacial score (nSPS) is 20.6. The van der Waals surface area contributed by atoms with Crippen molar-refractivity contribution in [3.8, 4) is 0 Å². The summed E-state index contributed by atoms with van der Waals surface area (Å²) < 4.78 is 3.05. The van der Waals surface area contributed by atoms with E-state index in [2.05, 4.69) is 88.7 Å². The van der Waals surface area contributed by atoms with E-state index >= 15 is 0 Å². The van der Waals surface area contributed by atoms with Crippen molar-refractivity contribution in [2.75, 3.05) is 16.8 Å². The van der Waals surface area contributed by atoms with E-state index < -0.39 is 0 Å². The maximum atomic E-state index is 13.6. The Morgan fingerprint density at radius 1 is 1.00 bits per heavy atom.